The topological polar surface area (TPSA) is 58.2 Å². The van der Waals surface area contributed by atoms with Crippen molar-refractivity contribution in [3.8, 4) is 0 Å². The van der Waals surface area contributed by atoms with Crippen molar-refractivity contribution in [1.82, 2.24) is 14.9 Å². The number of ether oxygens (including phenoxy) is 1. The van der Waals surface area contributed by atoms with Crippen LogP contribution in [0.2, 0.25) is 0 Å². The lowest BCUT2D eigenvalue weighted by Crippen LogP contribution is -2.38. The first kappa shape index (κ1) is 13.7. The van der Waals surface area contributed by atoms with Crippen molar-refractivity contribution in [1.29, 1.82) is 0 Å². The van der Waals surface area contributed by atoms with Gasteiger partial charge in [0.25, 0.3) is 0 Å². The van der Waals surface area contributed by atoms with Gasteiger partial charge in [0, 0.05) is 19.0 Å². The number of H-pyrrole nitrogens is 1. The fourth-order valence-electron chi connectivity index (χ4n) is 2.72. The molecule has 110 valence electrons. The van der Waals surface area contributed by atoms with E-state index in [0.717, 1.165) is 29.7 Å². The molecule has 2 heterocycles. The number of rotatable bonds is 3. The molecule has 1 saturated heterocycles. The van der Waals surface area contributed by atoms with Crippen molar-refractivity contribution < 1.29 is 9.53 Å². The minimum absolute atomic E-state index is 0.252. The Balaban J connectivity index is 1.62. The minimum atomic E-state index is -0.252. The van der Waals surface area contributed by atoms with E-state index >= 15 is 0 Å². The van der Waals surface area contributed by atoms with Crippen LogP contribution >= 0.6 is 0 Å². The molecule has 3 rings (SSSR count). The first-order valence-electron chi connectivity index (χ1n) is 7.25. The molecule has 1 aliphatic heterocycles. The van der Waals surface area contributed by atoms with Gasteiger partial charge in [-0.1, -0.05) is 24.8 Å². The first-order valence-corrected chi connectivity index (χ1v) is 7.25. The zero-order chi connectivity index (χ0) is 14.7. The van der Waals surface area contributed by atoms with Crippen LogP contribution in [0.1, 0.15) is 24.6 Å². The Kier molecular flexibility index (Phi) is 3.90. The molecule has 0 spiro atoms. The number of aromatic amines is 1. The largest absolute Gasteiger partial charge is 0.445 e. The van der Waals surface area contributed by atoms with Crippen LogP contribution in [0, 0.1) is 0 Å². The maximum atomic E-state index is 11.8. The van der Waals surface area contributed by atoms with E-state index in [1.807, 2.05) is 24.3 Å². The van der Waals surface area contributed by atoms with Crippen LogP contribution in [0.15, 0.2) is 36.9 Å². The number of carbonyl (C=O) groups is 1. The van der Waals surface area contributed by atoms with Gasteiger partial charge in [-0.3, -0.25) is 0 Å². The predicted molar refractivity (Wildman–Crippen MR) is 81.2 cm³/mol. The number of amides is 1. The summed E-state index contributed by atoms with van der Waals surface area (Å²) in [6, 6.07) is 8.04. The van der Waals surface area contributed by atoms with Gasteiger partial charge in [-0.2, -0.15) is 0 Å². The smallest absolute Gasteiger partial charge is 0.410 e. The van der Waals surface area contributed by atoms with Gasteiger partial charge in [-0.25, -0.2) is 9.78 Å². The minimum Gasteiger partial charge on any atom is -0.445 e. The van der Waals surface area contributed by atoms with Gasteiger partial charge in [0.05, 0.1) is 11.0 Å². The van der Waals surface area contributed by atoms with Crippen LogP contribution in [0.3, 0.4) is 0 Å². The molecular weight excluding hydrogens is 266 g/mol. The molecule has 0 radical (unpaired) electrons. The van der Waals surface area contributed by atoms with Crippen molar-refractivity contribution >= 4 is 17.1 Å². The monoisotopic (exact) mass is 285 g/mol. The number of carbonyl (C=O) groups excluding carboxylic acids is 1. The summed E-state index contributed by atoms with van der Waals surface area (Å²) < 4.78 is 5.07. The molecule has 5 heteroatoms. The quantitative estimate of drug-likeness (QED) is 0.882. The van der Waals surface area contributed by atoms with Crippen molar-refractivity contribution in [3.05, 3.63) is 42.7 Å². The van der Waals surface area contributed by atoms with Crippen molar-refractivity contribution in [3.63, 3.8) is 0 Å². The number of hydrogen-bond donors (Lipinski definition) is 1. The van der Waals surface area contributed by atoms with E-state index in [4.69, 9.17) is 4.74 Å². The fourth-order valence-corrected chi connectivity index (χ4v) is 2.72. The zero-order valence-corrected chi connectivity index (χ0v) is 11.9. The van der Waals surface area contributed by atoms with E-state index in [2.05, 4.69) is 16.5 Å². The van der Waals surface area contributed by atoms with E-state index < -0.39 is 0 Å². The molecule has 1 aliphatic rings. The molecule has 5 nitrogen and oxygen atoms in total. The van der Waals surface area contributed by atoms with Crippen LogP contribution in [-0.4, -0.2) is 40.7 Å². The summed E-state index contributed by atoms with van der Waals surface area (Å²) >= 11 is 0. The fraction of sp³-hybridized carbons (Fsp3) is 0.375. The number of hydrogen-bond acceptors (Lipinski definition) is 3. The maximum Gasteiger partial charge on any atom is 0.410 e. The van der Waals surface area contributed by atoms with Gasteiger partial charge in [0.2, 0.25) is 0 Å². The number of likely N-dealkylation sites (tertiary alicyclic amines) is 1. The van der Waals surface area contributed by atoms with E-state index in [-0.39, 0.29) is 12.7 Å². The van der Waals surface area contributed by atoms with E-state index in [9.17, 15) is 4.79 Å². The predicted octanol–water partition coefficient (Wildman–Crippen LogP) is 3.06. The molecule has 1 amide bonds. The molecule has 1 aromatic carbocycles. The highest BCUT2D eigenvalue weighted by molar-refractivity contribution is 5.74. The number of imidazole rings is 1. The standard InChI is InChI=1S/C16H19N3O2/c1-2-11-21-16(20)19-9-7-12(8-10-19)15-17-13-5-3-4-6-14(13)18-15/h2-6,12H,1,7-11H2,(H,17,18). The Morgan fingerprint density at radius 1 is 1.43 bits per heavy atom. The molecule has 2 aromatic rings. The number of nitrogens with one attached hydrogen (secondary N) is 1. The molecule has 1 aromatic heterocycles. The Labute approximate surface area is 123 Å². The number of benzene rings is 1. The first-order chi connectivity index (χ1) is 10.3. The maximum absolute atomic E-state index is 11.8. The molecular formula is C16H19N3O2. The van der Waals surface area contributed by atoms with Crippen LogP contribution in [-0.2, 0) is 4.74 Å². The number of piperidine rings is 1. The molecule has 0 aliphatic carbocycles. The summed E-state index contributed by atoms with van der Waals surface area (Å²) in [5.41, 5.74) is 2.07. The van der Waals surface area contributed by atoms with Gasteiger partial charge >= 0.3 is 6.09 Å². The Morgan fingerprint density at radius 2 is 2.19 bits per heavy atom. The Morgan fingerprint density at radius 3 is 2.90 bits per heavy atom. The summed E-state index contributed by atoms with van der Waals surface area (Å²) in [7, 11) is 0. The van der Waals surface area contributed by atoms with Gasteiger partial charge in [-0.15, -0.1) is 0 Å². The average Bonchev–Trinajstić information content (AvgIpc) is 2.96. The van der Waals surface area contributed by atoms with Crippen LogP contribution in [0.5, 0.6) is 0 Å². The van der Waals surface area contributed by atoms with Gasteiger partial charge < -0.3 is 14.6 Å². The lowest BCUT2D eigenvalue weighted by molar-refractivity contribution is 0.101. The highest BCUT2D eigenvalue weighted by atomic mass is 16.6. The third-order valence-corrected chi connectivity index (χ3v) is 3.87. The summed E-state index contributed by atoms with van der Waals surface area (Å²) in [4.78, 5) is 21.6. The highest BCUT2D eigenvalue weighted by Crippen LogP contribution is 2.27. The van der Waals surface area contributed by atoms with Crippen molar-refractivity contribution in [2.75, 3.05) is 19.7 Å². The van der Waals surface area contributed by atoms with Crippen LogP contribution < -0.4 is 0 Å². The number of fused-ring (bicyclic) bond motifs is 1. The van der Waals surface area contributed by atoms with E-state index in [0.29, 0.717) is 19.0 Å². The summed E-state index contributed by atoms with van der Waals surface area (Å²) in [5.74, 6) is 1.40. The lowest BCUT2D eigenvalue weighted by Gasteiger charge is -2.30. The zero-order valence-electron chi connectivity index (χ0n) is 11.9. The molecule has 0 unspecified atom stereocenters. The normalized spacial score (nSPS) is 16.1. The number of para-hydroxylation sites is 2. The van der Waals surface area contributed by atoms with E-state index in [1.165, 1.54) is 0 Å². The average molecular weight is 285 g/mol. The highest BCUT2D eigenvalue weighted by Gasteiger charge is 2.26. The van der Waals surface area contributed by atoms with Gasteiger partial charge in [0.15, 0.2) is 0 Å². The van der Waals surface area contributed by atoms with Crippen molar-refractivity contribution in [2.45, 2.75) is 18.8 Å². The second-order valence-corrected chi connectivity index (χ2v) is 5.27. The number of nitrogens with zero attached hydrogens (tertiary/aromatic N) is 2. The van der Waals surface area contributed by atoms with E-state index in [1.54, 1.807) is 11.0 Å². The SMILES string of the molecule is C=CCOC(=O)N1CCC(c2nc3ccccc3[nH]2)CC1. The molecule has 0 atom stereocenters. The summed E-state index contributed by atoms with van der Waals surface area (Å²) in [6.45, 7) is 5.22. The van der Waals surface area contributed by atoms with Gasteiger partial charge in [0.1, 0.15) is 12.4 Å². The number of aromatic nitrogens is 2. The Hall–Kier alpha value is -2.30. The van der Waals surface area contributed by atoms with Crippen molar-refractivity contribution in [2.24, 2.45) is 0 Å². The van der Waals surface area contributed by atoms with Crippen LogP contribution in [0.4, 0.5) is 4.79 Å². The molecule has 21 heavy (non-hydrogen) atoms. The molecule has 0 saturated carbocycles. The summed E-state index contributed by atoms with van der Waals surface area (Å²) in [5, 5.41) is 0. The third kappa shape index (κ3) is 2.91. The lowest BCUT2D eigenvalue weighted by atomic mass is 9.96. The second-order valence-electron chi connectivity index (χ2n) is 5.27. The Bertz CT molecular complexity index is 609. The summed E-state index contributed by atoms with van der Waals surface area (Å²) in [6.07, 6.45) is 3.14. The molecule has 0 bridgehead atoms. The third-order valence-electron chi connectivity index (χ3n) is 3.87. The molecule has 1 N–H and O–H groups in total. The van der Waals surface area contributed by atoms with Crippen LogP contribution in [0.25, 0.3) is 11.0 Å². The molecule has 1 fully saturated rings. The van der Waals surface area contributed by atoms with Gasteiger partial charge in [-0.05, 0) is 25.0 Å². The second kappa shape index (κ2) is 5.99.